The molecule has 2 rings (SSSR count). The topological polar surface area (TPSA) is 76.9 Å². The predicted octanol–water partition coefficient (Wildman–Crippen LogP) is 1.79. The zero-order chi connectivity index (χ0) is 15.1. The molecule has 2 aromatic rings. The average molecular weight is 290 g/mol. The Morgan fingerprint density at radius 1 is 1.24 bits per heavy atom. The summed E-state index contributed by atoms with van der Waals surface area (Å²) in [6.07, 6.45) is 4.74. The molecule has 0 aliphatic heterocycles. The first-order valence-corrected chi connectivity index (χ1v) is 7.03. The number of aromatic nitrogens is 4. The van der Waals surface area contributed by atoms with E-state index in [1.165, 1.54) is 0 Å². The van der Waals surface area contributed by atoms with Gasteiger partial charge in [-0.2, -0.15) is 0 Å². The van der Waals surface area contributed by atoms with Crippen LogP contribution in [0.4, 0.5) is 11.6 Å². The number of nitrogens with one attached hydrogen (secondary N) is 2. The number of ether oxygens (including phenoxy) is 1. The molecule has 0 radical (unpaired) electrons. The highest BCUT2D eigenvalue weighted by molar-refractivity contribution is 5.47. The second-order valence-electron chi connectivity index (χ2n) is 4.72. The van der Waals surface area contributed by atoms with Crippen LogP contribution >= 0.6 is 0 Å². The quantitative estimate of drug-likeness (QED) is 0.772. The maximum atomic E-state index is 5.11. The van der Waals surface area contributed by atoms with Crippen molar-refractivity contribution in [3.8, 4) is 0 Å². The molecule has 21 heavy (non-hydrogen) atoms. The summed E-state index contributed by atoms with van der Waals surface area (Å²) in [6.45, 7) is 3.99. The SMILES string of the molecule is CCCNc1cc(NCc2nccn2C)nc(COC)n1. The predicted molar refractivity (Wildman–Crippen MR) is 82.1 cm³/mol. The van der Waals surface area contributed by atoms with Crippen LogP contribution in [0.5, 0.6) is 0 Å². The molecule has 0 atom stereocenters. The van der Waals surface area contributed by atoms with E-state index in [2.05, 4.69) is 32.5 Å². The standard InChI is InChI=1S/C14H22N6O/c1-4-5-15-11-8-12(19-13(18-11)10-21-3)17-9-14-16-6-7-20(14)2/h6-8H,4-5,9-10H2,1-3H3,(H2,15,17,18,19). The highest BCUT2D eigenvalue weighted by atomic mass is 16.5. The van der Waals surface area contributed by atoms with Crippen LogP contribution in [0.3, 0.4) is 0 Å². The lowest BCUT2D eigenvalue weighted by Crippen LogP contribution is -2.11. The molecule has 0 fully saturated rings. The van der Waals surface area contributed by atoms with Gasteiger partial charge in [-0.25, -0.2) is 15.0 Å². The fraction of sp³-hybridized carbons (Fsp3) is 0.500. The molecule has 2 aromatic heterocycles. The molecule has 0 aliphatic rings. The molecule has 0 saturated heterocycles. The third kappa shape index (κ3) is 4.42. The van der Waals surface area contributed by atoms with Crippen molar-refractivity contribution in [3.05, 3.63) is 30.1 Å². The van der Waals surface area contributed by atoms with Gasteiger partial charge < -0.3 is 19.9 Å². The van der Waals surface area contributed by atoms with E-state index >= 15 is 0 Å². The minimum Gasteiger partial charge on any atom is -0.377 e. The van der Waals surface area contributed by atoms with E-state index in [0.717, 1.165) is 30.4 Å². The molecule has 0 saturated carbocycles. The van der Waals surface area contributed by atoms with E-state index in [-0.39, 0.29) is 0 Å². The van der Waals surface area contributed by atoms with Crippen molar-refractivity contribution in [3.63, 3.8) is 0 Å². The number of anilines is 2. The largest absolute Gasteiger partial charge is 0.377 e. The number of methoxy groups -OCH3 is 1. The number of aryl methyl sites for hydroxylation is 1. The molecule has 7 heteroatoms. The normalized spacial score (nSPS) is 10.6. The lowest BCUT2D eigenvalue weighted by molar-refractivity contribution is 0.178. The summed E-state index contributed by atoms with van der Waals surface area (Å²) in [5.74, 6) is 3.17. The van der Waals surface area contributed by atoms with Gasteiger partial charge in [0, 0.05) is 39.2 Å². The second kappa shape index (κ2) is 7.58. The van der Waals surface area contributed by atoms with Crippen LogP contribution in [0.25, 0.3) is 0 Å². The summed E-state index contributed by atoms with van der Waals surface area (Å²) >= 11 is 0. The number of imidazole rings is 1. The first kappa shape index (κ1) is 15.2. The Labute approximate surface area is 124 Å². The van der Waals surface area contributed by atoms with Crippen molar-refractivity contribution in [1.29, 1.82) is 0 Å². The fourth-order valence-electron chi connectivity index (χ4n) is 1.86. The smallest absolute Gasteiger partial charge is 0.158 e. The summed E-state index contributed by atoms with van der Waals surface area (Å²) in [5.41, 5.74) is 0. The molecular weight excluding hydrogens is 268 g/mol. The van der Waals surface area contributed by atoms with E-state index in [4.69, 9.17) is 4.74 Å². The lowest BCUT2D eigenvalue weighted by Gasteiger charge is -2.11. The summed E-state index contributed by atoms with van der Waals surface area (Å²) < 4.78 is 7.09. The van der Waals surface area contributed by atoms with Gasteiger partial charge in [0.25, 0.3) is 0 Å². The second-order valence-corrected chi connectivity index (χ2v) is 4.72. The van der Waals surface area contributed by atoms with Crippen LogP contribution < -0.4 is 10.6 Å². The first-order chi connectivity index (χ1) is 10.2. The maximum Gasteiger partial charge on any atom is 0.158 e. The fourth-order valence-corrected chi connectivity index (χ4v) is 1.86. The van der Waals surface area contributed by atoms with Gasteiger partial charge in [0.05, 0.1) is 6.54 Å². The van der Waals surface area contributed by atoms with Gasteiger partial charge in [-0.1, -0.05) is 6.92 Å². The molecule has 7 nitrogen and oxygen atoms in total. The van der Waals surface area contributed by atoms with Crippen molar-refractivity contribution in [2.45, 2.75) is 26.5 Å². The summed E-state index contributed by atoms with van der Waals surface area (Å²) in [4.78, 5) is 13.1. The molecular formula is C14H22N6O. The van der Waals surface area contributed by atoms with Gasteiger partial charge in [0.2, 0.25) is 0 Å². The van der Waals surface area contributed by atoms with Gasteiger partial charge in [0.15, 0.2) is 5.82 Å². The summed E-state index contributed by atoms with van der Waals surface area (Å²) in [5, 5.41) is 6.54. The van der Waals surface area contributed by atoms with Crippen LogP contribution in [-0.4, -0.2) is 33.2 Å². The van der Waals surface area contributed by atoms with Crippen molar-refractivity contribution < 1.29 is 4.74 Å². The zero-order valence-corrected chi connectivity index (χ0v) is 12.8. The van der Waals surface area contributed by atoms with Crippen LogP contribution in [-0.2, 0) is 24.9 Å². The van der Waals surface area contributed by atoms with Crippen molar-refractivity contribution in [2.24, 2.45) is 7.05 Å². The Balaban J connectivity index is 2.09. The molecule has 0 spiro atoms. The Kier molecular flexibility index (Phi) is 5.51. The number of hydrogen-bond donors (Lipinski definition) is 2. The molecule has 0 amide bonds. The van der Waals surface area contributed by atoms with Crippen molar-refractivity contribution >= 4 is 11.6 Å². The Morgan fingerprint density at radius 3 is 2.62 bits per heavy atom. The zero-order valence-electron chi connectivity index (χ0n) is 12.8. The van der Waals surface area contributed by atoms with Crippen LogP contribution in [0, 0.1) is 0 Å². The number of rotatable bonds is 8. The molecule has 2 heterocycles. The van der Waals surface area contributed by atoms with E-state index in [9.17, 15) is 0 Å². The molecule has 0 aliphatic carbocycles. The van der Waals surface area contributed by atoms with Gasteiger partial charge in [-0.05, 0) is 6.42 Å². The van der Waals surface area contributed by atoms with Crippen LogP contribution in [0.2, 0.25) is 0 Å². The van der Waals surface area contributed by atoms with E-state index in [0.29, 0.717) is 19.0 Å². The van der Waals surface area contributed by atoms with Crippen molar-refractivity contribution in [2.75, 3.05) is 24.3 Å². The molecule has 114 valence electrons. The third-order valence-electron chi connectivity index (χ3n) is 2.95. The minimum atomic E-state index is 0.388. The number of hydrogen-bond acceptors (Lipinski definition) is 6. The van der Waals surface area contributed by atoms with E-state index in [1.807, 2.05) is 23.9 Å². The minimum absolute atomic E-state index is 0.388. The maximum absolute atomic E-state index is 5.11. The summed E-state index contributed by atoms with van der Waals surface area (Å²) in [7, 11) is 3.60. The highest BCUT2D eigenvalue weighted by Gasteiger charge is 2.06. The first-order valence-electron chi connectivity index (χ1n) is 7.03. The molecule has 0 unspecified atom stereocenters. The summed E-state index contributed by atoms with van der Waals surface area (Å²) in [6, 6.07) is 1.90. The van der Waals surface area contributed by atoms with Crippen molar-refractivity contribution in [1.82, 2.24) is 19.5 Å². The number of nitrogens with zero attached hydrogens (tertiary/aromatic N) is 4. The highest BCUT2D eigenvalue weighted by Crippen LogP contribution is 2.13. The van der Waals surface area contributed by atoms with E-state index < -0.39 is 0 Å². The average Bonchev–Trinajstić information content (AvgIpc) is 2.88. The van der Waals surface area contributed by atoms with Gasteiger partial charge in [0.1, 0.15) is 24.1 Å². The Morgan fingerprint density at radius 2 is 2.00 bits per heavy atom. The lowest BCUT2D eigenvalue weighted by atomic mass is 10.4. The van der Waals surface area contributed by atoms with Crippen LogP contribution in [0.15, 0.2) is 18.5 Å². The molecule has 0 bridgehead atoms. The molecule has 2 N–H and O–H groups in total. The Bertz CT molecular complexity index is 568. The monoisotopic (exact) mass is 290 g/mol. The third-order valence-corrected chi connectivity index (χ3v) is 2.95. The van der Waals surface area contributed by atoms with Gasteiger partial charge >= 0.3 is 0 Å². The van der Waals surface area contributed by atoms with Gasteiger partial charge in [-0.15, -0.1) is 0 Å². The van der Waals surface area contributed by atoms with E-state index in [1.54, 1.807) is 13.3 Å². The Hall–Kier alpha value is -2.15. The van der Waals surface area contributed by atoms with Gasteiger partial charge in [-0.3, -0.25) is 0 Å². The van der Waals surface area contributed by atoms with Crippen LogP contribution in [0.1, 0.15) is 25.0 Å². The molecule has 0 aromatic carbocycles.